The normalized spacial score (nSPS) is 10.6. The number of aromatic nitrogens is 1. The number of pyridine rings is 1. The van der Waals surface area contributed by atoms with Crippen LogP contribution in [0.4, 0.5) is 13.2 Å². The minimum absolute atomic E-state index is 0.395. The summed E-state index contributed by atoms with van der Waals surface area (Å²) in [5, 5.41) is 0. The van der Waals surface area contributed by atoms with E-state index < -0.39 is 17.9 Å². The van der Waals surface area contributed by atoms with Crippen molar-refractivity contribution >= 4 is 0 Å². The predicted octanol–water partition coefficient (Wildman–Crippen LogP) is 2.47. The number of nitrogens with zero attached hydrogens (tertiary/aromatic N) is 1. The summed E-state index contributed by atoms with van der Waals surface area (Å²) in [7, 11) is 0. The van der Waals surface area contributed by atoms with Crippen LogP contribution in [0, 0.1) is 12.9 Å². The Kier molecular flexibility index (Phi) is 2.12. The smallest absolute Gasteiger partial charge is 0.225 e. The van der Waals surface area contributed by atoms with E-state index in [1.807, 2.05) is 0 Å². The molecule has 1 heterocycles. The van der Waals surface area contributed by atoms with Crippen molar-refractivity contribution in [3.05, 3.63) is 29.3 Å². The van der Waals surface area contributed by atoms with Crippen LogP contribution in [0.2, 0.25) is 0 Å². The number of alkyl halides is 2. The van der Waals surface area contributed by atoms with E-state index in [2.05, 4.69) is 4.98 Å². The topological polar surface area (TPSA) is 12.9 Å². The Morgan fingerprint density at radius 3 is 2.45 bits per heavy atom. The van der Waals surface area contributed by atoms with Gasteiger partial charge < -0.3 is 0 Å². The maximum Gasteiger partial charge on any atom is 0.268 e. The van der Waals surface area contributed by atoms with Gasteiger partial charge in [-0.15, -0.1) is 0 Å². The van der Waals surface area contributed by atoms with E-state index in [1.165, 1.54) is 6.07 Å². The van der Waals surface area contributed by atoms with E-state index in [4.69, 9.17) is 0 Å². The van der Waals surface area contributed by atoms with Crippen LogP contribution in [0.3, 0.4) is 0 Å². The van der Waals surface area contributed by atoms with Crippen molar-refractivity contribution in [2.75, 3.05) is 0 Å². The van der Waals surface area contributed by atoms with Crippen LogP contribution in [0.1, 0.15) is 17.7 Å². The molecule has 0 spiro atoms. The molecule has 0 unspecified atom stereocenters. The number of rotatable bonds is 1. The first-order valence-corrected chi connectivity index (χ1v) is 3.02. The quantitative estimate of drug-likeness (QED) is 0.576. The van der Waals surface area contributed by atoms with Gasteiger partial charge in [0, 0.05) is 5.69 Å². The van der Waals surface area contributed by atoms with Crippen LogP contribution >= 0.6 is 0 Å². The third-order valence-corrected chi connectivity index (χ3v) is 1.25. The summed E-state index contributed by atoms with van der Waals surface area (Å²) in [6.45, 7) is 1.54. The first-order valence-electron chi connectivity index (χ1n) is 3.02. The zero-order valence-electron chi connectivity index (χ0n) is 5.81. The Morgan fingerprint density at radius 1 is 1.36 bits per heavy atom. The fourth-order valence-corrected chi connectivity index (χ4v) is 0.699. The Bertz CT molecular complexity index is 260. The highest BCUT2D eigenvalue weighted by atomic mass is 19.3. The molecule has 11 heavy (non-hydrogen) atoms. The summed E-state index contributed by atoms with van der Waals surface area (Å²) in [4.78, 5) is 3.25. The minimum atomic E-state index is -2.79. The van der Waals surface area contributed by atoms with Crippen LogP contribution in [0.25, 0.3) is 0 Å². The third-order valence-electron chi connectivity index (χ3n) is 1.25. The highest BCUT2D eigenvalue weighted by Gasteiger charge is 2.13. The zero-order chi connectivity index (χ0) is 8.43. The molecule has 0 fully saturated rings. The second-order valence-corrected chi connectivity index (χ2v) is 2.13. The van der Waals surface area contributed by atoms with Crippen molar-refractivity contribution in [2.24, 2.45) is 0 Å². The zero-order valence-corrected chi connectivity index (χ0v) is 5.81. The van der Waals surface area contributed by atoms with Gasteiger partial charge in [0.2, 0.25) is 5.95 Å². The maximum atomic E-state index is 12.5. The van der Waals surface area contributed by atoms with Crippen LogP contribution in [0.5, 0.6) is 0 Å². The molecule has 0 aliphatic heterocycles. The molecule has 4 heteroatoms. The Balaban J connectivity index is 3.09. The summed E-state index contributed by atoms with van der Waals surface area (Å²) in [5.41, 5.74) is -0.248. The SMILES string of the molecule is Cc1ccc(C(F)F)c(F)n1. The molecule has 1 aromatic heterocycles. The second kappa shape index (κ2) is 2.90. The van der Waals surface area contributed by atoms with E-state index in [0.717, 1.165) is 6.07 Å². The molecule has 0 aromatic carbocycles. The highest BCUT2D eigenvalue weighted by molar-refractivity contribution is 5.15. The molecule has 0 aliphatic carbocycles. The van der Waals surface area contributed by atoms with Gasteiger partial charge in [0.1, 0.15) is 0 Å². The van der Waals surface area contributed by atoms with E-state index in [0.29, 0.717) is 5.69 Å². The fraction of sp³-hybridized carbons (Fsp3) is 0.286. The first-order chi connectivity index (χ1) is 5.11. The molecule has 0 atom stereocenters. The number of hydrogen-bond donors (Lipinski definition) is 0. The monoisotopic (exact) mass is 161 g/mol. The Morgan fingerprint density at radius 2 is 2.00 bits per heavy atom. The van der Waals surface area contributed by atoms with Gasteiger partial charge in [-0.3, -0.25) is 0 Å². The number of aryl methyl sites for hydroxylation is 1. The summed E-state index contributed by atoms with van der Waals surface area (Å²) >= 11 is 0. The molecule has 0 bridgehead atoms. The molecule has 0 saturated heterocycles. The molecule has 0 N–H and O–H groups in total. The van der Waals surface area contributed by atoms with Gasteiger partial charge in [-0.25, -0.2) is 13.8 Å². The Hall–Kier alpha value is -1.06. The number of hydrogen-bond acceptors (Lipinski definition) is 1. The van der Waals surface area contributed by atoms with Crippen LogP contribution in [0.15, 0.2) is 12.1 Å². The lowest BCUT2D eigenvalue weighted by molar-refractivity contribution is 0.145. The minimum Gasteiger partial charge on any atom is -0.225 e. The molecule has 0 saturated carbocycles. The standard InChI is InChI=1S/C7H6F3N/c1-4-2-3-5(6(8)9)7(10)11-4/h2-3,6H,1H3. The van der Waals surface area contributed by atoms with E-state index in [1.54, 1.807) is 6.92 Å². The van der Waals surface area contributed by atoms with Gasteiger partial charge >= 0.3 is 0 Å². The van der Waals surface area contributed by atoms with Gasteiger partial charge in [-0.2, -0.15) is 4.39 Å². The first kappa shape index (κ1) is 8.04. The molecule has 0 aliphatic rings. The molecule has 1 aromatic rings. The van der Waals surface area contributed by atoms with Crippen molar-refractivity contribution < 1.29 is 13.2 Å². The van der Waals surface area contributed by atoms with Gasteiger partial charge in [0.05, 0.1) is 5.56 Å². The molecule has 1 rings (SSSR count). The lowest BCUT2D eigenvalue weighted by Crippen LogP contribution is -1.95. The largest absolute Gasteiger partial charge is 0.268 e. The van der Waals surface area contributed by atoms with Crippen LogP contribution in [-0.4, -0.2) is 4.98 Å². The molecule has 0 amide bonds. The third kappa shape index (κ3) is 1.69. The summed E-state index contributed by atoms with van der Waals surface area (Å²) in [6.07, 6.45) is -2.79. The van der Waals surface area contributed by atoms with Crippen LogP contribution < -0.4 is 0 Å². The van der Waals surface area contributed by atoms with Crippen LogP contribution in [-0.2, 0) is 0 Å². The molecule has 1 nitrogen and oxygen atoms in total. The van der Waals surface area contributed by atoms with Crippen molar-refractivity contribution in [3.8, 4) is 0 Å². The summed E-state index contributed by atoms with van der Waals surface area (Å²) < 4.78 is 36.3. The van der Waals surface area contributed by atoms with Gasteiger partial charge in [-0.1, -0.05) is 0 Å². The maximum absolute atomic E-state index is 12.5. The summed E-state index contributed by atoms with van der Waals surface area (Å²) in [6, 6.07) is 2.40. The van der Waals surface area contributed by atoms with Crippen molar-refractivity contribution in [3.63, 3.8) is 0 Å². The average Bonchev–Trinajstić information content (AvgIpc) is 1.85. The second-order valence-electron chi connectivity index (χ2n) is 2.13. The average molecular weight is 161 g/mol. The lowest BCUT2D eigenvalue weighted by Gasteiger charge is -2.00. The number of halogens is 3. The van der Waals surface area contributed by atoms with E-state index in [-0.39, 0.29) is 0 Å². The summed E-state index contributed by atoms with van der Waals surface area (Å²) in [5.74, 6) is -1.08. The van der Waals surface area contributed by atoms with Crippen molar-refractivity contribution in [1.29, 1.82) is 0 Å². The van der Waals surface area contributed by atoms with Gasteiger partial charge in [0.15, 0.2) is 0 Å². The molecular formula is C7H6F3N. The van der Waals surface area contributed by atoms with Gasteiger partial charge in [0.25, 0.3) is 6.43 Å². The predicted molar refractivity (Wildman–Crippen MR) is 33.9 cm³/mol. The van der Waals surface area contributed by atoms with Crippen molar-refractivity contribution in [2.45, 2.75) is 13.3 Å². The Labute approximate surface area is 61.9 Å². The fourth-order valence-electron chi connectivity index (χ4n) is 0.699. The molecule has 0 radical (unpaired) electrons. The van der Waals surface area contributed by atoms with Crippen molar-refractivity contribution in [1.82, 2.24) is 4.98 Å². The highest BCUT2D eigenvalue weighted by Crippen LogP contribution is 2.20. The lowest BCUT2D eigenvalue weighted by atomic mass is 10.2. The molecular weight excluding hydrogens is 155 g/mol. The van der Waals surface area contributed by atoms with E-state index in [9.17, 15) is 13.2 Å². The van der Waals surface area contributed by atoms with E-state index >= 15 is 0 Å². The van der Waals surface area contributed by atoms with Gasteiger partial charge in [-0.05, 0) is 19.1 Å². The molecule has 60 valence electrons.